The normalized spacial score (nSPS) is 15.2. The van der Waals surface area contributed by atoms with Crippen LogP contribution in [-0.2, 0) is 11.3 Å². The Morgan fingerprint density at radius 3 is 2.68 bits per heavy atom. The number of aromatic nitrogens is 2. The van der Waals surface area contributed by atoms with Gasteiger partial charge in [0.05, 0.1) is 18.1 Å². The highest BCUT2D eigenvalue weighted by molar-refractivity contribution is 5.85. The smallest absolute Gasteiger partial charge is 0.328 e. The number of hydrogen-bond donors (Lipinski definition) is 2. The zero-order valence-electron chi connectivity index (χ0n) is 17.3. The number of aliphatic carboxylic acids is 1. The van der Waals surface area contributed by atoms with Gasteiger partial charge in [-0.1, -0.05) is 48.5 Å². The van der Waals surface area contributed by atoms with Crippen LogP contribution in [0.25, 0.3) is 17.3 Å². The molecule has 0 radical (unpaired) electrons. The average Bonchev–Trinajstić information content (AvgIpc) is 2.80. The SMILES string of the molecule is O=C(O)C=Cc1cccc(-c2cncc(NC3CCN(Cc4ccccc4)CC3)n2)c1. The Hall–Kier alpha value is -3.51. The third-order valence-corrected chi connectivity index (χ3v) is 5.42. The molecular weight excluding hydrogens is 388 g/mol. The minimum absolute atomic E-state index is 0.376. The Labute approximate surface area is 182 Å². The molecule has 1 fully saturated rings. The molecule has 4 rings (SSSR count). The first-order valence-corrected chi connectivity index (χ1v) is 10.5. The van der Waals surface area contributed by atoms with E-state index in [1.54, 1.807) is 18.5 Å². The molecule has 6 heteroatoms. The van der Waals surface area contributed by atoms with Crippen LogP contribution in [0, 0.1) is 0 Å². The van der Waals surface area contributed by atoms with Gasteiger partial charge in [-0.3, -0.25) is 9.88 Å². The van der Waals surface area contributed by atoms with Crippen LogP contribution in [0.4, 0.5) is 5.82 Å². The Balaban J connectivity index is 1.36. The van der Waals surface area contributed by atoms with Gasteiger partial charge in [-0.2, -0.15) is 0 Å². The molecule has 0 amide bonds. The molecule has 1 aliphatic heterocycles. The summed E-state index contributed by atoms with van der Waals surface area (Å²) >= 11 is 0. The van der Waals surface area contributed by atoms with Gasteiger partial charge < -0.3 is 10.4 Å². The fraction of sp³-hybridized carbons (Fsp3) is 0.240. The van der Waals surface area contributed by atoms with E-state index >= 15 is 0 Å². The number of carboxylic acid groups (broad SMARTS) is 1. The molecule has 31 heavy (non-hydrogen) atoms. The van der Waals surface area contributed by atoms with Gasteiger partial charge in [0.2, 0.25) is 0 Å². The molecule has 1 aliphatic rings. The Morgan fingerprint density at radius 1 is 1.10 bits per heavy atom. The molecule has 158 valence electrons. The topological polar surface area (TPSA) is 78.3 Å². The van der Waals surface area contributed by atoms with Gasteiger partial charge in [0.15, 0.2) is 0 Å². The zero-order valence-corrected chi connectivity index (χ0v) is 17.3. The summed E-state index contributed by atoms with van der Waals surface area (Å²) in [6.07, 6.45) is 8.32. The van der Waals surface area contributed by atoms with Crippen molar-refractivity contribution < 1.29 is 9.90 Å². The summed E-state index contributed by atoms with van der Waals surface area (Å²) in [7, 11) is 0. The molecule has 3 aromatic rings. The molecule has 0 atom stereocenters. The van der Waals surface area contributed by atoms with Gasteiger partial charge in [0.25, 0.3) is 0 Å². The summed E-state index contributed by atoms with van der Waals surface area (Å²) in [6.45, 7) is 3.10. The van der Waals surface area contributed by atoms with Crippen molar-refractivity contribution in [1.29, 1.82) is 0 Å². The summed E-state index contributed by atoms with van der Waals surface area (Å²) < 4.78 is 0. The molecule has 1 aromatic heterocycles. The van der Waals surface area contributed by atoms with Crippen molar-refractivity contribution in [2.24, 2.45) is 0 Å². The third-order valence-electron chi connectivity index (χ3n) is 5.42. The van der Waals surface area contributed by atoms with Crippen LogP contribution in [0.2, 0.25) is 0 Å². The molecule has 0 aliphatic carbocycles. The number of nitrogens with zero attached hydrogens (tertiary/aromatic N) is 3. The molecule has 0 unspecified atom stereocenters. The van der Waals surface area contributed by atoms with Gasteiger partial charge >= 0.3 is 5.97 Å². The van der Waals surface area contributed by atoms with E-state index in [0.717, 1.165) is 61.2 Å². The van der Waals surface area contributed by atoms with E-state index < -0.39 is 5.97 Å². The average molecular weight is 415 g/mol. The standard InChI is InChI=1S/C25H26N4O2/c30-25(31)10-9-19-7-4-8-21(15-19)23-16-26-17-24(28-23)27-22-11-13-29(14-12-22)18-20-5-2-1-3-6-20/h1-10,15-17,22H,11-14,18H2,(H,27,28)(H,30,31). The first-order valence-electron chi connectivity index (χ1n) is 10.5. The number of carbonyl (C=O) groups is 1. The number of carboxylic acids is 1. The largest absolute Gasteiger partial charge is 0.478 e. The van der Waals surface area contributed by atoms with Crippen molar-refractivity contribution in [1.82, 2.24) is 14.9 Å². The highest BCUT2D eigenvalue weighted by Crippen LogP contribution is 2.22. The number of benzene rings is 2. The summed E-state index contributed by atoms with van der Waals surface area (Å²) in [5.74, 6) is -0.198. The van der Waals surface area contributed by atoms with Gasteiger partial charge in [-0.05, 0) is 36.1 Å². The van der Waals surface area contributed by atoms with Crippen LogP contribution in [0.3, 0.4) is 0 Å². The van der Waals surface area contributed by atoms with Gasteiger partial charge in [0.1, 0.15) is 5.82 Å². The molecular formula is C25H26N4O2. The Morgan fingerprint density at radius 2 is 1.90 bits per heavy atom. The summed E-state index contributed by atoms with van der Waals surface area (Å²) in [4.78, 5) is 22.3. The fourth-order valence-corrected chi connectivity index (χ4v) is 3.83. The highest BCUT2D eigenvalue weighted by Gasteiger charge is 2.19. The minimum atomic E-state index is -0.966. The molecule has 1 saturated heterocycles. The molecule has 2 N–H and O–H groups in total. The van der Waals surface area contributed by atoms with Crippen molar-refractivity contribution >= 4 is 17.9 Å². The summed E-state index contributed by atoms with van der Waals surface area (Å²) in [5, 5.41) is 12.4. The molecule has 0 spiro atoms. The van der Waals surface area contributed by atoms with E-state index in [0.29, 0.717) is 6.04 Å². The first kappa shape index (κ1) is 20.8. The quantitative estimate of drug-likeness (QED) is 0.561. The van der Waals surface area contributed by atoms with Crippen molar-refractivity contribution in [2.45, 2.75) is 25.4 Å². The van der Waals surface area contributed by atoms with Crippen LogP contribution in [0.5, 0.6) is 0 Å². The van der Waals surface area contributed by atoms with Crippen molar-refractivity contribution in [2.75, 3.05) is 18.4 Å². The predicted octanol–water partition coefficient (Wildman–Crippen LogP) is 4.32. The molecule has 2 heterocycles. The number of piperidine rings is 1. The third kappa shape index (κ3) is 5.99. The highest BCUT2D eigenvalue weighted by atomic mass is 16.4. The molecule has 2 aromatic carbocycles. The fourth-order valence-electron chi connectivity index (χ4n) is 3.83. The molecule has 0 bridgehead atoms. The van der Waals surface area contributed by atoms with Crippen LogP contribution in [-0.4, -0.2) is 45.1 Å². The second-order valence-electron chi connectivity index (χ2n) is 7.77. The summed E-state index contributed by atoms with van der Waals surface area (Å²) in [6, 6.07) is 18.6. The maximum atomic E-state index is 10.8. The first-order chi connectivity index (χ1) is 15.2. The lowest BCUT2D eigenvalue weighted by Crippen LogP contribution is -2.38. The number of rotatable bonds is 7. The maximum absolute atomic E-state index is 10.8. The zero-order chi connectivity index (χ0) is 21.5. The lowest BCUT2D eigenvalue weighted by molar-refractivity contribution is -0.131. The second-order valence-corrected chi connectivity index (χ2v) is 7.77. The number of hydrogen-bond acceptors (Lipinski definition) is 5. The molecule has 6 nitrogen and oxygen atoms in total. The monoisotopic (exact) mass is 414 g/mol. The Bertz CT molecular complexity index is 1040. The van der Waals surface area contributed by atoms with Crippen molar-refractivity contribution in [3.8, 4) is 11.3 Å². The van der Waals surface area contributed by atoms with Gasteiger partial charge in [-0.15, -0.1) is 0 Å². The van der Waals surface area contributed by atoms with E-state index in [-0.39, 0.29) is 0 Å². The van der Waals surface area contributed by atoms with Crippen molar-refractivity contribution in [3.63, 3.8) is 0 Å². The van der Waals surface area contributed by atoms with Gasteiger partial charge in [0, 0.05) is 37.3 Å². The van der Waals surface area contributed by atoms with E-state index in [1.165, 1.54) is 5.56 Å². The van der Waals surface area contributed by atoms with Crippen LogP contribution in [0.15, 0.2) is 73.1 Å². The Kier molecular flexibility index (Phi) is 6.69. The number of nitrogens with one attached hydrogen (secondary N) is 1. The number of likely N-dealkylation sites (tertiary alicyclic amines) is 1. The second kappa shape index (κ2) is 10.00. The van der Waals surface area contributed by atoms with E-state index in [9.17, 15) is 4.79 Å². The van der Waals surface area contributed by atoms with Gasteiger partial charge in [-0.25, -0.2) is 9.78 Å². The van der Waals surface area contributed by atoms with E-state index in [4.69, 9.17) is 10.1 Å². The van der Waals surface area contributed by atoms with Crippen LogP contribution in [0.1, 0.15) is 24.0 Å². The predicted molar refractivity (Wildman–Crippen MR) is 123 cm³/mol. The lowest BCUT2D eigenvalue weighted by atomic mass is 10.0. The lowest BCUT2D eigenvalue weighted by Gasteiger charge is -2.32. The minimum Gasteiger partial charge on any atom is -0.478 e. The summed E-state index contributed by atoms with van der Waals surface area (Å²) in [5.41, 5.74) is 3.83. The van der Waals surface area contributed by atoms with Crippen LogP contribution >= 0.6 is 0 Å². The molecule has 0 saturated carbocycles. The number of anilines is 1. The maximum Gasteiger partial charge on any atom is 0.328 e. The van der Waals surface area contributed by atoms with Crippen molar-refractivity contribution in [3.05, 3.63) is 84.2 Å². The van der Waals surface area contributed by atoms with E-state index in [1.807, 2.05) is 24.3 Å². The van der Waals surface area contributed by atoms with Crippen LogP contribution < -0.4 is 5.32 Å². The van der Waals surface area contributed by atoms with E-state index in [2.05, 4.69) is 45.5 Å².